The molecule has 0 aliphatic carbocycles. The standard InChI is InChI=1S/C21H21N3O3S2/c1-14(12-28)19(25)24(13-27-21(26)16-7-4-3-5-8-16)20-15(2)23-18(29-20)17-9-6-10-22-11-17/h3-11,14,28H,12-13H2,1-2H3. The monoisotopic (exact) mass is 427 g/mol. The van der Waals surface area contributed by atoms with Crippen LogP contribution in [0.2, 0.25) is 0 Å². The van der Waals surface area contributed by atoms with Crippen LogP contribution >= 0.6 is 24.0 Å². The van der Waals surface area contributed by atoms with Crippen LogP contribution < -0.4 is 4.90 Å². The molecule has 0 aliphatic rings. The highest BCUT2D eigenvalue weighted by Crippen LogP contribution is 2.35. The fourth-order valence-electron chi connectivity index (χ4n) is 2.60. The molecule has 1 unspecified atom stereocenters. The predicted octanol–water partition coefficient (Wildman–Crippen LogP) is 4.23. The number of esters is 1. The van der Waals surface area contributed by atoms with Crippen LogP contribution in [0, 0.1) is 12.8 Å². The number of rotatable bonds is 7. The van der Waals surface area contributed by atoms with Gasteiger partial charge in [-0.25, -0.2) is 9.78 Å². The molecule has 2 aromatic heterocycles. The highest BCUT2D eigenvalue weighted by atomic mass is 32.1. The first-order valence-corrected chi connectivity index (χ1v) is 10.5. The van der Waals surface area contributed by atoms with Crippen molar-refractivity contribution in [2.24, 2.45) is 5.92 Å². The Morgan fingerprint density at radius 2 is 1.97 bits per heavy atom. The first-order valence-electron chi connectivity index (χ1n) is 9.03. The maximum Gasteiger partial charge on any atom is 0.339 e. The van der Waals surface area contributed by atoms with Crippen LogP contribution in [-0.4, -0.2) is 34.3 Å². The van der Waals surface area contributed by atoms with Crippen molar-refractivity contribution in [1.29, 1.82) is 0 Å². The summed E-state index contributed by atoms with van der Waals surface area (Å²) in [5.74, 6) is -0.617. The Labute approximate surface area is 179 Å². The van der Waals surface area contributed by atoms with E-state index in [4.69, 9.17) is 4.74 Å². The molecule has 6 nitrogen and oxygen atoms in total. The average Bonchev–Trinajstić information content (AvgIpc) is 3.15. The molecule has 8 heteroatoms. The van der Waals surface area contributed by atoms with Crippen LogP contribution in [0.5, 0.6) is 0 Å². The van der Waals surface area contributed by atoms with E-state index in [0.29, 0.717) is 22.0 Å². The molecule has 2 heterocycles. The number of nitrogens with zero attached hydrogens (tertiary/aromatic N) is 3. The van der Waals surface area contributed by atoms with Gasteiger partial charge in [-0.05, 0) is 31.2 Å². The van der Waals surface area contributed by atoms with Crippen molar-refractivity contribution in [3.05, 3.63) is 66.1 Å². The largest absolute Gasteiger partial charge is 0.440 e. The second kappa shape index (κ2) is 9.67. The molecular weight excluding hydrogens is 406 g/mol. The Bertz CT molecular complexity index is 977. The first-order chi connectivity index (χ1) is 14.0. The van der Waals surface area contributed by atoms with E-state index in [2.05, 4.69) is 22.6 Å². The zero-order valence-corrected chi connectivity index (χ0v) is 17.8. The number of ether oxygens (including phenoxy) is 1. The van der Waals surface area contributed by atoms with Gasteiger partial charge in [0, 0.05) is 29.6 Å². The van der Waals surface area contributed by atoms with E-state index in [0.717, 1.165) is 10.6 Å². The number of carbonyl (C=O) groups is 2. The third-order valence-electron chi connectivity index (χ3n) is 4.22. The third-order valence-corrected chi connectivity index (χ3v) is 6.00. The summed E-state index contributed by atoms with van der Waals surface area (Å²) in [6.45, 7) is 3.43. The lowest BCUT2D eigenvalue weighted by molar-refractivity contribution is -0.122. The van der Waals surface area contributed by atoms with Crippen LogP contribution in [0.1, 0.15) is 23.0 Å². The predicted molar refractivity (Wildman–Crippen MR) is 117 cm³/mol. The number of thiazole rings is 1. The molecule has 0 radical (unpaired) electrons. The Morgan fingerprint density at radius 3 is 2.62 bits per heavy atom. The summed E-state index contributed by atoms with van der Waals surface area (Å²) in [5.41, 5.74) is 1.98. The number of hydrogen-bond donors (Lipinski definition) is 1. The molecule has 29 heavy (non-hydrogen) atoms. The minimum Gasteiger partial charge on any atom is -0.440 e. The minimum atomic E-state index is -0.489. The summed E-state index contributed by atoms with van der Waals surface area (Å²) in [5, 5.41) is 1.39. The fraction of sp³-hybridized carbons (Fsp3) is 0.238. The van der Waals surface area contributed by atoms with Gasteiger partial charge in [-0.3, -0.25) is 14.7 Å². The molecule has 3 aromatic rings. The molecule has 1 aromatic carbocycles. The van der Waals surface area contributed by atoms with Crippen LogP contribution in [0.3, 0.4) is 0 Å². The Morgan fingerprint density at radius 1 is 1.21 bits per heavy atom. The van der Waals surface area contributed by atoms with Gasteiger partial charge < -0.3 is 4.74 Å². The lowest BCUT2D eigenvalue weighted by Gasteiger charge is -2.23. The summed E-state index contributed by atoms with van der Waals surface area (Å²) >= 11 is 5.60. The zero-order valence-electron chi connectivity index (χ0n) is 16.1. The molecule has 1 atom stereocenters. The number of aromatic nitrogens is 2. The van der Waals surface area contributed by atoms with E-state index in [9.17, 15) is 9.59 Å². The summed E-state index contributed by atoms with van der Waals surface area (Å²) in [6, 6.07) is 12.4. The van der Waals surface area contributed by atoms with Crippen molar-refractivity contribution in [2.75, 3.05) is 17.4 Å². The third kappa shape index (κ3) is 5.02. The maximum absolute atomic E-state index is 13.0. The molecule has 150 valence electrons. The van der Waals surface area contributed by atoms with Crippen LogP contribution in [-0.2, 0) is 9.53 Å². The van der Waals surface area contributed by atoms with E-state index in [-0.39, 0.29) is 18.6 Å². The van der Waals surface area contributed by atoms with Gasteiger partial charge in [-0.2, -0.15) is 12.6 Å². The van der Waals surface area contributed by atoms with Crippen molar-refractivity contribution in [3.8, 4) is 10.6 Å². The fourth-order valence-corrected chi connectivity index (χ4v) is 3.81. The van der Waals surface area contributed by atoms with Crippen LogP contribution in [0.25, 0.3) is 10.6 Å². The molecule has 0 saturated heterocycles. The highest BCUT2D eigenvalue weighted by Gasteiger charge is 2.26. The zero-order chi connectivity index (χ0) is 20.8. The SMILES string of the molecule is Cc1nc(-c2cccnc2)sc1N(COC(=O)c1ccccc1)C(=O)C(C)CS. The number of aryl methyl sites for hydroxylation is 1. The topological polar surface area (TPSA) is 72.4 Å². The van der Waals surface area contributed by atoms with Gasteiger partial charge in [0.2, 0.25) is 5.91 Å². The van der Waals surface area contributed by atoms with Gasteiger partial charge >= 0.3 is 5.97 Å². The molecule has 0 aliphatic heterocycles. The van der Waals surface area contributed by atoms with Gasteiger partial charge in [0.1, 0.15) is 10.0 Å². The van der Waals surface area contributed by atoms with Crippen molar-refractivity contribution in [2.45, 2.75) is 13.8 Å². The van der Waals surface area contributed by atoms with Crippen LogP contribution in [0.4, 0.5) is 5.00 Å². The van der Waals surface area contributed by atoms with Gasteiger partial charge in [0.25, 0.3) is 0 Å². The van der Waals surface area contributed by atoms with Gasteiger partial charge in [0.15, 0.2) is 6.73 Å². The average molecular weight is 428 g/mol. The van der Waals surface area contributed by atoms with E-state index in [1.54, 1.807) is 43.6 Å². The van der Waals surface area contributed by atoms with Crippen molar-refractivity contribution < 1.29 is 14.3 Å². The highest BCUT2D eigenvalue weighted by molar-refractivity contribution is 7.80. The van der Waals surface area contributed by atoms with Crippen LogP contribution in [0.15, 0.2) is 54.9 Å². The summed E-state index contributed by atoms with van der Waals surface area (Å²) in [6.07, 6.45) is 3.41. The molecule has 0 N–H and O–H groups in total. The Kier molecular flexibility index (Phi) is 7.00. The molecule has 3 rings (SSSR count). The summed E-state index contributed by atoms with van der Waals surface area (Å²) in [7, 11) is 0. The van der Waals surface area contributed by atoms with Gasteiger partial charge in [0.05, 0.1) is 11.3 Å². The number of amides is 1. The molecule has 0 bridgehead atoms. The number of anilines is 1. The number of pyridine rings is 1. The first kappa shape index (κ1) is 21.0. The lowest BCUT2D eigenvalue weighted by atomic mass is 10.2. The smallest absolute Gasteiger partial charge is 0.339 e. The maximum atomic E-state index is 13.0. The molecule has 0 fully saturated rings. The quantitative estimate of drug-likeness (QED) is 0.347. The van der Waals surface area contributed by atoms with E-state index in [1.807, 2.05) is 25.1 Å². The number of hydrogen-bond acceptors (Lipinski definition) is 7. The normalized spacial score (nSPS) is 11.7. The Hall–Kier alpha value is -2.71. The number of carbonyl (C=O) groups excluding carboxylic acids is 2. The van der Waals surface area contributed by atoms with Gasteiger partial charge in [-0.15, -0.1) is 0 Å². The lowest BCUT2D eigenvalue weighted by Crippen LogP contribution is -2.38. The molecule has 0 spiro atoms. The Balaban J connectivity index is 1.87. The molecule has 1 amide bonds. The van der Waals surface area contributed by atoms with Gasteiger partial charge in [-0.1, -0.05) is 36.5 Å². The van der Waals surface area contributed by atoms with Crippen molar-refractivity contribution >= 4 is 40.8 Å². The van der Waals surface area contributed by atoms with Crippen molar-refractivity contribution in [3.63, 3.8) is 0 Å². The summed E-state index contributed by atoms with van der Waals surface area (Å²) < 4.78 is 5.44. The number of benzene rings is 1. The van der Waals surface area contributed by atoms with E-state index >= 15 is 0 Å². The van der Waals surface area contributed by atoms with E-state index in [1.165, 1.54) is 16.2 Å². The number of thiol groups is 1. The van der Waals surface area contributed by atoms with Crippen molar-refractivity contribution in [1.82, 2.24) is 9.97 Å². The second-order valence-electron chi connectivity index (χ2n) is 6.43. The van der Waals surface area contributed by atoms with E-state index < -0.39 is 5.97 Å². The molecule has 0 saturated carbocycles. The summed E-state index contributed by atoms with van der Waals surface area (Å²) in [4.78, 5) is 35.5. The molecular formula is C21H21N3O3S2. The minimum absolute atomic E-state index is 0.176. The second-order valence-corrected chi connectivity index (χ2v) is 7.77.